The van der Waals surface area contributed by atoms with Crippen LogP contribution in [0.4, 0.5) is 0 Å². The summed E-state index contributed by atoms with van der Waals surface area (Å²) in [5.41, 5.74) is -0.613. The van der Waals surface area contributed by atoms with Crippen molar-refractivity contribution in [2.24, 2.45) is 5.92 Å². The van der Waals surface area contributed by atoms with Crippen LogP contribution in [0.2, 0.25) is 0 Å². The Morgan fingerprint density at radius 2 is 2.10 bits per heavy atom. The molecule has 1 saturated heterocycles. The summed E-state index contributed by atoms with van der Waals surface area (Å²) in [6.07, 6.45) is 3.74. The van der Waals surface area contributed by atoms with Crippen molar-refractivity contribution in [2.75, 3.05) is 26.2 Å². The van der Waals surface area contributed by atoms with Crippen molar-refractivity contribution in [1.82, 2.24) is 10.2 Å². The summed E-state index contributed by atoms with van der Waals surface area (Å²) < 4.78 is 5.27. The Morgan fingerprint density at radius 1 is 1.40 bits per heavy atom. The second-order valence-electron chi connectivity index (χ2n) is 6.66. The first kappa shape index (κ1) is 17.4. The second-order valence-corrected chi connectivity index (χ2v) is 6.66. The van der Waals surface area contributed by atoms with Gasteiger partial charge in [-0.15, -0.1) is 0 Å². The summed E-state index contributed by atoms with van der Waals surface area (Å²) in [6, 6.07) is 0.260. The van der Waals surface area contributed by atoms with E-state index in [1.165, 1.54) is 19.3 Å². The first-order valence-corrected chi connectivity index (χ1v) is 8.04. The van der Waals surface area contributed by atoms with Crippen LogP contribution in [0.25, 0.3) is 0 Å². The minimum atomic E-state index is -0.613. The molecule has 4 heteroatoms. The first-order valence-electron chi connectivity index (χ1n) is 8.04. The molecule has 2 atom stereocenters. The maximum Gasteiger partial charge on any atom is 0.327 e. The van der Waals surface area contributed by atoms with Crippen LogP contribution in [0.3, 0.4) is 0 Å². The number of rotatable bonds is 6. The molecule has 1 aliphatic rings. The van der Waals surface area contributed by atoms with Crippen molar-refractivity contribution in [1.29, 1.82) is 0 Å². The predicted octanol–water partition coefficient (Wildman–Crippen LogP) is 2.43. The number of nitrogens with zero attached hydrogens (tertiary/aromatic N) is 1. The number of hydrogen-bond acceptors (Lipinski definition) is 4. The van der Waals surface area contributed by atoms with Gasteiger partial charge in [-0.25, -0.2) is 0 Å². The van der Waals surface area contributed by atoms with Crippen molar-refractivity contribution in [2.45, 2.75) is 65.5 Å². The van der Waals surface area contributed by atoms with Crippen LogP contribution in [0.1, 0.15) is 53.9 Å². The molecule has 1 heterocycles. The number of nitrogens with one attached hydrogen (secondary N) is 1. The lowest BCUT2D eigenvalue weighted by Crippen LogP contribution is -2.59. The molecule has 1 aliphatic heterocycles. The zero-order chi connectivity index (χ0) is 15.2. The number of carbonyl (C=O) groups is 1. The quantitative estimate of drug-likeness (QED) is 0.761. The molecule has 0 amide bonds. The van der Waals surface area contributed by atoms with E-state index in [9.17, 15) is 4.79 Å². The molecule has 0 radical (unpaired) electrons. The third-order valence-electron chi connectivity index (χ3n) is 3.98. The standard InChI is InChI=1S/C16H32N2O2/c1-6-20-15(19)16(5,17-13(2)3)12-18-10-7-8-14(4)9-11-18/h13-14,17H,6-12H2,1-5H3. The van der Waals surface area contributed by atoms with E-state index in [0.29, 0.717) is 6.61 Å². The summed E-state index contributed by atoms with van der Waals surface area (Å²) >= 11 is 0. The van der Waals surface area contributed by atoms with E-state index >= 15 is 0 Å². The molecular weight excluding hydrogens is 252 g/mol. The maximum atomic E-state index is 12.3. The topological polar surface area (TPSA) is 41.6 Å². The molecule has 0 spiro atoms. The van der Waals surface area contributed by atoms with E-state index in [4.69, 9.17) is 4.74 Å². The van der Waals surface area contributed by atoms with E-state index in [1.807, 2.05) is 13.8 Å². The average Bonchev–Trinajstić information content (AvgIpc) is 2.53. The van der Waals surface area contributed by atoms with Gasteiger partial charge in [0, 0.05) is 12.6 Å². The molecule has 0 aromatic carbocycles. The molecule has 0 aromatic rings. The molecule has 4 nitrogen and oxygen atoms in total. The van der Waals surface area contributed by atoms with Crippen LogP contribution in [-0.4, -0.2) is 48.7 Å². The fraction of sp³-hybridized carbons (Fsp3) is 0.938. The van der Waals surface area contributed by atoms with Crippen molar-refractivity contribution in [3.63, 3.8) is 0 Å². The van der Waals surface area contributed by atoms with E-state index in [-0.39, 0.29) is 12.0 Å². The zero-order valence-corrected chi connectivity index (χ0v) is 13.9. The average molecular weight is 284 g/mol. The summed E-state index contributed by atoms with van der Waals surface area (Å²) in [4.78, 5) is 14.7. The van der Waals surface area contributed by atoms with E-state index in [1.54, 1.807) is 0 Å². The molecule has 1 N–H and O–H groups in total. The molecule has 118 valence electrons. The van der Waals surface area contributed by atoms with Crippen LogP contribution in [0.5, 0.6) is 0 Å². The Hall–Kier alpha value is -0.610. The highest BCUT2D eigenvalue weighted by Crippen LogP contribution is 2.19. The first-order chi connectivity index (χ1) is 9.37. The monoisotopic (exact) mass is 284 g/mol. The number of esters is 1. The van der Waals surface area contributed by atoms with Crippen LogP contribution in [-0.2, 0) is 9.53 Å². The fourth-order valence-electron chi connectivity index (χ4n) is 3.02. The van der Waals surface area contributed by atoms with E-state index in [2.05, 4.69) is 31.0 Å². The van der Waals surface area contributed by atoms with Crippen molar-refractivity contribution < 1.29 is 9.53 Å². The number of carbonyl (C=O) groups excluding carboxylic acids is 1. The molecule has 20 heavy (non-hydrogen) atoms. The van der Waals surface area contributed by atoms with Crippen LogP contribution in [0.15, 0.2) is 0 Å². The SMILES string of the molecule is CCOC(=O)C(C)(CN1CCCC(C)CC1)NC(C)C. The van der Waals surface area contributed by atoms with Gasteiger partial charge in [0.05, 0.1) is 6.61 Å². The van der Waals surface area contributed by atoms with Gasteiger partial charge in [0.1, 0.15) is 5.54 Å². The largest absolute Gasteiger partial charge is 0.465 e. The van der Waals surface area contributed by atoms with E-state index in [0.717, 1.165) is 25.6 Å². The van der Waals surface area contributed by atoms with Gasteiger partial charge in [-0.2, -0.15) is 0 Å². The Labute approximate surface area is 124 Å². The van der Waals surface area contributed by atoms with Crippen LogP contribution >= 0.6 is 0 Å². The molecule has 1 rings (SSSR count). The second kappa shape index (κ2) is 7.99. The predicted molar refractivity (Wildman–Crippen MR) is 82.8 cm³/mol. The normalized spacial score (nSPS) is 24.2. The Kier molecular flexibility index (Phi) is 6.96. The molecule has 1 fully saturated rings. The van der Waals surface area contributed by atoms with Gasteiger partial charge in [-0.05, 0) is 66.0 Å². The van der Waals surface area contributed by atoms with E-state index < -0.39 is 5.54 Å². The third-order valence-corrected chi connectivity index (χ3v) is 3.98. The van der Waals surface area contributed by atoms with Crippen molar-refractivity contribution in [3.05, 3.63) is 0 Å². The van der Waals surface area contributed by atoms with Crippen LogP contribution < -0.4 is 5.32 Å². The molecule has 0 bridgehead atoms. The number of hydrogen-bond donors (Lipinski definition) is 1. The molecular formula is C16H32N2O2. The summed E-state index contributed by atoms with van der Waals surface area (Å²) in [5.74, 6) is 0.665. The van der Waals surface area contributed by atoms with Gasteiger partial charge in [-0.1, -0.05) is 6.92 Å². The van der Waals surface area contributed by atoms with Crippen molar-refractivity contribution in [3.8, 4) is 0 Å². The van der Waals surface area contributed by atoms with Gasteiger partial charge < -0.3 is 9.64 Å². The van der Waals surface area contributed by atoms with Gasteiger partial charge in [-0.3, -0.25) is 10.1 Å². The van der Waals surface area contributed by atoms with Gasteiger partial charge in [0.15, 0.2) is 0 Å². The van der Waals surface area contributed by atoms with Crippen molar-refractivity contribution >= 4 is 5.97 Å². The fourth-order valence-corrected chi connectivity index (χ4v) is 3.02. The summed E-state index contributed by atoms with van der Waals surface area (Å²) in [7, 11) is 0. The molecule has 0 saturated carbocycles. The lowest BCUT2D eigenvalue weighted by atomic mass is 10.00. The highest BCUT2D eigenvalue weighted by Gasteiger charge is 2.37. The minimum Gasteiger partial charge on any atom is -0.465 e. The smallest absolute Gasteiger partial charge is 0.327 e. The Bertz CT molecular complexity index is 307. The molecule has 0 aliphatic carbocycles. The zero-order valence-electron chi connectivity index (χ0n) is 13.9. The molecule has 0 aromatic heterocycles. The highest BCUT2D eigenvalue weighted by molar-refractivity contribution is 5.80. The summed E-state index contributed by atoms with van der Waals surface area (Å²) in [6.45, 7) is 13.6. The lowest BCUT2D eigenvalue weighted by Gasteiger charge is -2.35. The summed E-state index contributed by atoms with van der Waals surface area (Å²) in [5, 5.41) is 3.40. The number of ether oxygens (including phenoxy) is 1. The minimum absolute atomic E-state index is 0.133. The lowest BCUT2D eigenvalue weighted by molar-refractivity contribution is -0.151. The third kappa shape index (κ3) is 5.41. The Morgan fingerprint density at radius 3 is 2.70 bits per heavy atom. The maximum absolute atomic E-state index is 12.3. The Balaban J connectivity index is 2.70. The van der Waals surface area contributed by atoms with Crippen LogP contribution in [0, 0.1) is 5.92 Å². The van der Waals surface area contributed by atoms with Gasteiger partial charge in [0.25, 0.3) is 0 Å². The van der Waals surface area contributed by atoms with Gasteiger partial charge in [0.2, 0.25) is 0 Å². The number of likely N-dealkylation sites (tertiary alicyclic amines) is 1. The highest BCUT2D eigenvalue weighted by atomic mass is 16.5. The molecule has 2 unspecified atom stereocenters. The van der Waals surface area contributed by atoms with Gasteiger partial charge >= 0.3 is 5.97 Å².